The van der Waals surface area contributed by atoms with Crippen LogP contribution in [0.2, 0.25) is 5.02 Å². The van der Waals surface area contributed by atoms with E-state index < -0.39 is 0 Å². The molecule has 1 N–H and O–H groups in total. The normalized spacial score (nSPS) is 10.4. The number of halogens is 1. The van der Waals surface area contributed by atoms with Crippen LogP contribution >= 0.6 is 11.6 Å². The molecule has 3 aromatic rings. The highest BCUT2D eigenvalue weighted by atomic mass is 35.5. The van der Waals surface area contributed by atoms with Crippen LogP contribution in [0.25, 0.3) is 11.1 Å². The average molecular weight is 366 g/mol. The van der Waals surface area contributed by atoms with Crippen LogP contribution in [0.15, 0.2) is 66.7 Å². The van der Waals surface area contributed by atoms with Crippen molar-refractivity contribution in [2.24, 2.45) is 0 Å². The number of anilines is 1. The zero-order valence-corrected chi connectivity index (χ0v) is 15.5. The molecule has 0 aliphatic heterocycles. The minimum atomic E-state index is -0.0601. The quantitative estimate of drug-likeness (QED) is 0.571. The van der Waals surface area contributed by atoms with Gasteiger partial charge in [0.1, 0.15) is 5.75 Å². The second kappa shape index (κ2) is 8.07. The van der Waals surface area contributed by atoms with E-state index in [0.717, 1.165) is 22.6 Å². The zero-order valence-electron chi connectivity index (χ0n) is 14.8. The summed E-state index contributed by atoms with van der Waals surface area (Å²) >= 11 is 6.01. The lowest BCUT2D eigenvalue weighted by molar-refractivity contribution is 0.103. The third kappa shape index (κ3) is 3.89. The molecule has 4 heteroatoms. The summed E-state index contributed by atoms with van der Waals surface area (Å²) in [5.41, 5.74) is 4.06. The van der Waals surface area contributed by atoms with Gasteiger partial charge in [-0.1, -0.05) is 41.9 Å². The molecule has 0 aliphatic rings. The molecule has 0 spiro atoms. The van der Waals surface area contributed by atoms with Gasteiger partial charge in [0.05, 0.1) is 6.61 Å². The Labute approximate surface area is 158 Å². The summed E-state index contributed by atoms with van der Waals surface area (Å²) in [6.45, 7) is 2.60. The lowest BCUT2D eigenvalue weighted by atomic mass is 9.97. The molecule has 0 fully saturated rings. The van der Waals surface area contributed by atoms with Crippen LogP contribution in [-0.4, -0.2) is 19.4 Å². The van der Waals surface area contributed by atoms with Crippen LogP contribution in [0.1, 0.15) is 22.8 Å². The van der Waals surface area contributed by atoms with E-state index in [0.29, 0.717) is 22.8 Å². The lowest BCUT2D eigenvalue weighted by Crippen LogP contribution is -2.05. The van der Waals surface area contributed by atoms with Crippen LogP contribution in [0.4, 0.5) is 5.69 Å². The highest BCUT2D eigenvalue weighted by Crippen LogP contribution is 2.29. The fourth-order valence-corrected chi connectivity index (χ4v) is 3.01. The van der Waals surface area contributed by atoms with Gasteiger partial charge in [0.2, 0.25) is 0 Å². The van der Waals surface area contributed by atoms with Gasteiger partial charge >= 0.3 is 0 Å². The molecule has 0 heterocycles. The van der Waals surface area contributed by atoms with Gasteiger partial charge in [0, 0.05) is 28.9 Å². The summed E-state index contributed by atoms with van der Waals surface area (Å²) in [6.07, 6.45) is 0. The smallest absolute Gasteiger partial charge is 0.195 e. The van der Waals surface area contributed by atoms with Crippen molar-refractivity contribution in [1.82, 2.24) is 0 Å². The summed E-state index contributed by atoms with van der Waals surface area (Å²) in [5, 5.41) is 3.67. The van der Waals surface area contributed by atoms with Gasteiger partial charge in [-0.25, -0.2) is 0 Å². The van der Waals surface area contributed by atoms with Crippen LogP contribution in [0.3, 0.4) is 0 Å². The predicted octanol–water partition coefficient (Wildman–Crippen LogP) is 5.68. The molecule has 0 unspecified atom stereocenters. The zero-order chi connectivity index (χ0) is 18.5. The summed E-state index contributed by atoms with van der Waals surface area (Å²) < 4.78 is 5.48. The minimum Gasteiger partial charge on any atom is -0.494 e. The molecule has 3 nitrogen and oxygen atoms in total. The number of ether oxygens (including phenoxy) is 1. The van der Waals surface area contributed by atoms with Crippen molar-refractivity contribution in [1.29, 1.82) is 0 Å². The van der Waals surface area contributed by atoms with E-state index in [9.17, 15) is 4.79 Å². The first kappa shape index (κ1) is 18.0. The number of carbonyl (C=O) groups is 1. The Morgan fingerprint density at radius 1 is 1.00 bits per heavy atom. The van der Waals surface area contributed by atoms with Gasteiger partial charge in [-0.15, -0.1) is 0 Å². The topological polar surface area (TPSA) is 38.3 Å². The SMILES string of the molecule is CCOc1ccc(-c2ccc(C(=O)c3cccc(Cl)c3)c(NC)c2)cc1. The molecule has 3 aromatic carbocycles. The highest BCUT2D eigenvalue weighted by Gasteiger charge is 2.14. The number of carbonyl (C=O) groups excluding carboxylic acids is 1. The van der Waals surface area contributed by atoms with E-state index in [-0.39, 0.29) is 5.78 Å². The monoisotopic (exact) mass is 365 g/mol. The predicted molar refractivity (Wildman–Crippen MR) is 107 cm³/mol. The van der Waals surface area contributed by atoms with Crippen LogP contribution < -0.4 is 10.1 Å². The Kier molecular flexibility index (Phi) is 5.59. The number of nitrogens with one attached hydrogen (secondary N) is 1. The second-order valence-electron chi connectivity index (χ2n) is 5.81. The molecule has 26 heavy (non-hydrogen) atoms. The Hall–Kier alpha value is -2.78. The Morgan fingerprint density at radius 2 is 1.73 bits per heavy atom. The fourth-order valence-electron chi connectivity index (χ4n) is 2.82. The molecule has 0 aromatic heterocycles. The number of benzene rings is 3. The van der Waals surface area contributed by atoms with Gasteiger partial charge < -0.3 is 10.1 Å². The fraction of sp³-hybridized carbons (Fsp3) is 0.136. The summed E-state index contributed by atoms with van der Waals surface area (Å²) in [5.74, 6) is 0.785. The van der Waals surface area contributed by atoms with E-state index in [1.807, 2.05) is 56.4 Å². The highest BCUT2D eigenvalue weighted by molar-refractivity contribution is 6.31. The first-order valence-electron chi connectivity index (χ1n) is 8.47. The molecule has 0 amide bonds. The molecule has 0 radical (unpaired) electrons. The maximum Gasteiger partial charge on any atom is 0.195 e. The molecule has 3 rings (SSSR count). The Balaban J connectivity index is 1.93. The van der Waals surface area contributed by atoms with Crippen molar-refractivity contribution < 1.29 is 9.53 Å². The van der Waals surface area contributed by atoms with Gasteiger partial charge in [-0.2, -0.15) is 0 Å². The van der Waals surface area contributed by atoms with Crippen molar-refractivity contribution in [3.63, 3.8) is 0 Å². The molecule has 0 bridgehead atoms. The van der Waals surface area contributed by atoms with Crippen molar-refractivity contribution >= 4 is 23.1 Å². The van der Waals surface area contributed by atoms with Crippen LogP contribution in [-0.2, 0) is 0 Å². The van der Waals surface area contributed by atoms with Crippen molar-refractivity contribution in [2.75, 3.05) is 19.0 Å². The molecule has 0 atom stereocenters. The molecular weight excluding hydrogens is 346 g/mol. The summed E-state index contributed by atoms with van der Waals surface area (Å²) in [4.78, 5) is 12.8. The largest absolute Gasteiger partial charge is 0.494 e. The van der Waals surface area contributed by atoms with Crippen molar-refractivity contribution in [2.45, 2.75) is 6.92 Å². The van der Waals surface area contributed by atoms with Crippen LogP contribution in [0, 0.1) is 0 Å². The van der Waals surface area contributed by atoms with Gasteiger partial charge in [0.25, 0.3) is 0 Å². The van der Waals surface area contributed by atoms with E-state index in [2.05, 4.69) is 5.32 Å². The van der Waals surface area contributed by atoms with E-state index >= 15 is 0 Å². The van der Waals surface area contributed by atoms with E-state index in [4.69, 9.17) is 16.3 Å². The second-order valence-corrected chi connectivity index (χ2v) is 6.24. The van der Waals surface area contributed by atoms with Crippen molar-refractivity contribution in [3.05, 3.63) is 82.9 Å². The third-order valence-corrected chi connectivity index (χ3v) is 4.35. The standard InChI is InChI=1S/C22H20ClNO2/c1-3-26-19-10-7-15(8-11-19)16-9-12-20(21(14-16)24-2)22(25)17-5-4-6-18(23)13-17/h4-14,24H,3H2,1-2H3. The molecular formula is C22H20ClNO2. The van der Waals surface area contributed by atoms with E-state index in [1.165, 1.54) is 0 Å². The first-order chi connectivity index (χ1) is 12.6. The maximum atomic E-state index is 12.8. The minimum absolute atomic E-state index is 0.0601. The van der Waals surface area contributed by atoms with Crippen molar-refractivity contribution in [3.8, 4) is 16.9 Å². The van der Waals surface area contributed by atoms with Crippen LogP contribution in [0.5, 0.6) is 5.75 Å². The number of ketones is 1. The molecule has 0 saturated carbocycles. The Bertz CT molecular complexity index is 920. The Morgan fingerprint density at radius 3 is 2.38 bits per heavy atom. The number of rotatable bonds is 6. The average Bonchev–Trinajstić information content (AvgIpc) is 2.68. The third-order valence-electron chi connectivity index (χ3n) is 4.12. The maximum absolute atomic E-state index is 12.8. The lowest BCUT2D eigenvalue weighted by Gasteiger charge is -2.12. The van der Waals surface area contributed by atoms with Gasteiger partial charge in [0.15, 0.2) is 5.78 Å². The summed E-state index contributed by atoms with van der Waals surface area (Å²) in [6, 6.07) is 20.7. The molecule has 132 valence electrons. The first-order valence-corrected chi connectivity index (χ1v) is 8.85. The number of hydrogen-bond donors (Lipinski definition) is 1. The molecule has 0 aliphatic carbocycles. The molecule has 0 saturated heterocycles. The number of hydrogen-bond acceptors (Lipinski definition) is 3. The van der Waals surface area contributed by atoms with Gasteiger partial charge in [-0.05, 0) is 54.4 Å². The van der Waals surface area contributed by atoms with Gasteiger partial charge in [-0.3, -0.25) is 4.79 Å². The summed E-state index contributed by atoms with van der Waals surface area (Å²) in [7, 11) is 1.81. The van der Waals surface area contributed by atoms with E-state index in [1.54, 1.807) is 24.3 Å².